The highest BCUT2D eigenvalue weighted by Gasteiger charge is 2.24. The second-order valence-electron chi connectivity index (χ2n) is 5.44. The molecule has 2 rings (SSSR count). The molecule has 1 heterocycles. The van der Waals surface area contributed by atoms with E-state index in [1.54, 1.807) is 11.3 Å². The van der Waals surface area contributed by atoms with E-state index in [1.165, 1.54) is 16.0 Å². The molecular weight excluding hydrogens is 344 g/mol. The minimum Gasteiger partial charge on any atom is -0.326 e. The molecule has 0 aliphatic heterocycles. The summed E-state index contributed by atoms with van der Waals surface area (Å²) >= 11 is 5.34. The summed E-state index contributed by atoms with van der Waals surface area (Å²) in [5.41, 5.74) is 9.01. The lowest BCUT2D eigenvalue weighted by Gasteiger charge is -2.33. The van der Waals surface area contributed by atoms with E-state index in [1.807, 2.05) is 0 Å². The van der Waals surface area contributed by atoms with Crippen LogP contribution in [0.3, 0.4) is 0 Å². The van der Waals surface area contributed by atoms with Crippen LogP contribution in [0, 0.1) is 6.92 Å². The molecule has 1 aromatic carbocycles. The van der Waals surface area contributed by atoms with Crippen molar-refractivity contribution >= 4 is 27.3 Å². The Balaban J connectivity index is 2.26. The molecule has 0 fully saturated rings. The lowest BCUT2D eigenvalue weighted by Crippen LogP contribution is -2.38. The molecule has 0 saturated carbocycles. The Hall–Kier alpha value is -0.680. The quantitative estimate of drug-likeness (QED) is 0.800. The molecule has 4 heteroatoms. The monoisotopic (exact) mass is 366 g/mol. The first kappa shape index (κ1) is 16.7. The largest absolute Gasteiger partial charge is 0.326 e. The van der Waals surface area contributed by atoms with E-state index in [-0.39, 0.29) is 12.1 Å². The molecule has 2 N–H and O–H groups in total. The number of likely N-dealkylation sites (N-methyl/N-ethyl adjacent to an activating group) is 1. The first-order valence-electron chi connectivity index (χ1n) is 7.32. The molecule has 2 aromatic rings. The second kappa shape index (κ2) is 7.54. The van der Waals surface area contributed by atoms with Gasteiger partial charge >= 0.3 is 0 Å². The number of aryl methyl sites for hydroxylation is 1. The van der Waals surface area contributed by atoms with Crippen molar-refractivity contribution in [1.29, 1.82) is 0 Å². The Kier molecular flexibility index (Phi) is 5.99. The highest BCUT2D eigenvalue weighted by Crippen LogP contribution is 2.33. The van der Waals surface area contributed by atoms with Crippen LogP contribution in [0.5, 0.6) is 0 Å². The van der Waals surface area contributed by atoms with Crippen molar-refractivity contribution in [3.8, 4) is 0 Å². The summed E-state index contributed by atoms with van der Waals surface area (Å²) in [6, 6.07) is 13.2. The van der Waals surface area contributed by atoms with Crippen LogP contribution in [0.15, 0.2) is 40.2 Å². The van der Waals surface area contributed by atoms with E-state index in [0.717, 1.165) is 16.9 Å². The maximum Gasteiger partial charge on any atom is 0.0702 e. The zero-order valence-corrected chi connectivity index (χ0v) is 15.2. The van der Waals surface area contributed by atoms with Crippen LogP contribution in [0.1, 0.15) is 35.9 Å². The van der Waals surface area contributed by atoms with E-state index < -0.39 is 0 Å². The number of benzene rings is 1. The van der Waals surface area contributed by atoms with Crippen molar-refractivity contribution in [3.63, 3.8) is 0 Å². The van der Waals surface area contributed by atoms with Crippen molar-refractivity contribution in [2.75, 3.05) is 6.54 Å². The van der Waals surface area contributed by atoms with Gasteiger partial charge in [-0.15, -0.1) is 11.3 Å². The van der Waals surface area contributed by atoms with Crippen LogP contribution >= 0.6 is 27.3 Å². The number of halogens is 1. The zero-order valence-electron chi connectivity index (χ0n) is 12.8. The minimum absolute atomic E-state index is 0.0968. The number of nitrogens with two attached hydrogens (primary N) is 1. The fourth-order valence-electron chi connectivity index (χ4n) is 2.67. The van der Waals surface area contributed by atoms with Gasteiger partial charge in [0.2, 0.25) is 0 Å². The maximum absolute atomic E-state index is 6.30. The average molecular weight is 367 g/mol. The van der Waals surface area contributed by atoms with Crippen LogP contribution in [-0.2, 0) is 6.54 Å². The molecule has 114 valence electrons. The molecule has 0 saturated heterocycles. The van der Waals surface area contributed by atoms with Gasteiger partial charge < -0.3 is 5.73 Å². The topological polar surface area (TPSA) is 29.3 Å². The van der Waals surface area contributed by atoms with Crippen molar-refractivity contribution in [3.05, 3.63) is 56.2 Å². The fourth-order valence-corrected chi connectivity index (χ4v) is 4.35. The van der Waals surface area contributed by atoms with Gasteiger partial charge in [0.25, 0.3) is 0 Å². The third kappa shape index (κ3) is 4.16. The Labute approximate surface area is 140 Å². The summed E-state index contributed by atoms with van der Waals surface area (Å²) in [5.74, 6) is 0. The van der Waals surface area contributed by atoms with Gasteiger partial charge in [-0.25, -0.2) is 0 Å². The second-order valence-corrected chi connectivity index (χ2v) is 7.93. The lowest BCUT2D eigenvalue weighted by atomic mass is 10.0. The van der Waals surface area contributed by atoms with Crippen molar-refractivity contribution in [1.82, 2.24) is 4.90 Å². The molecule has 0 aliphatic carbocycles. The van der Waals surface area contributed by atoms with E-state index in [2.05, 4.69) is 78.0 Å². The summed E-state index contributed by atoms with van der Waals surface area (Å²) in [4.78, 5) is 3.79. The predicted octanol–water partition coefficient (Wildman–Crippen LogP) is 4.73. The maximum atomic E-state index is 6.30. The summed E-state index contributed by atoms with van der Waals surface area (Å²) in [7, 11) is 0. The first-order valence-corrected chi connectivity index (χ1v) is 8.93. The zero-order chi connectivity index (χ0) is 15.4. The van der Waals surface area contributed by atoms with Crippen LogP contribution < -0.4 is 5.73 Å². The van der Waals surface area contributed by atoms with Gasteiger partial charge in [-0.05, 0) is 59.6 Å². The average Bonchev–Trinajstić information content (AvgIpc) is 2.86. The van der Waals surface area contributed by atoms with Gasteiger partial charge in [-0.3, -0.25) is 4.90 Å². The molecule has 0 spiro atoms. The molecule has 0 radical (unpaired) electrons. The van der Waals surface area contributed by atoms with Gasteiger partial charge in [-0.2, -0.15) is 0 Å². The third-order valence-corrected chi connectivity index (χ3v) is 5.51. The van der Waals surface area contributed by atoms with Gasteiger partial charge in [0.05, 0.1) is 9.83 Å². The molecular formula is C17H23BrN2S. The standard InChI is InChI=1S/C17H23BrN2S/c1-4-20(11-14-8-6-5-7-12(14)2)17(13(3)19)15-9-10-16(18)21-15/h5-10,13,17H,4,11,19H2,1-3H3. The van der Waals surface area contributed by atoms with E-state index in [0.29, 0.717) is 0 Å². The first-order chi connectivity index (χ1) is 10.0. The van der Waals surface area contributed by atoms with Crippen LogP contribution in [0.25, 0.3) is 0 Å². The number of nitrogens with zero attached hydrogens (tertiary/aromatic N) is 1. The number of thiophene rings is 1. The molecule has 2 atom stereocenters. The Morgan fingerprint density at radius 1 is 1.24 bits per heavy atom. The van der Waals surface area contributed by atoms with Crippen molar-refractivity contribution < 1.29 is 0 Å². The molecule has 2 nitrogen and oxygen atoms in total. The van der Waals surface area contributed by atoms with E-state index >= 15 is 0 Å². The number of hydrogen-bond acceptors (Lipinski definition) is 3. The predicted molar refractivity (Wildman–Crippen MR) is 95.7 cm³/mol. The Morgan fingerprint density at radius 3 is 2.48 bits per heavy atom. The van der Waals surface area contributed by atoms with Gasteiger partial charge in [0.1, 0.15) is 0 Å². The molecule has 1 aromatic heterocycles. The normalized spacial score (nSPS) is 14.4. The van der Waals surface area contributed by atoms with Crippen LogP contribution in [0.2, 0.25) is 0 Å². The van der Waals surface area contributed by atoms with Gasteiger partial charge in [0, 0.05) is 17.5 Å². The summed E-state index contributed by atoms with van der Waals surface area (Å²) in [6.07, 6.45) is 0. The highest BCUT2D eigenvalue weighted by molar-refractivity contribution is 9.11. The van der Waals surface area contributed by atoms with Gasteiger partial charge in [0.15, 0.2) is 0 Å². The molecule has 0 amide bonds. The SMILES string of the molecule is CCN(Cc1ccccc1C)C(c1ccc(Br)s1)C(C)N. The molecule has 0 aliphatic rings. The Bertz CT molecular complexity index is 580. The summed E-state index contributed by atoms with van der Waals surface area (Å²) in [5, 5.41) is 0. The van der Waals surface area contributed by atoms with Crippen molar-refractivity contribution in [2.45, 2.75) is 39.4 Å². The van der Waals surface area contributed by atoms with Crippen LogP contribution in [0.4, 0.5) is 0 Å². The lowest BCUT2D eigenvalue weighted by molar-refractivity contribution is 0.179. The molecule has 0 bridgehead atoms. The summed E-state index contributed by atoms with van der Waals surface area (Å²) < 4.78 is 1.16. The number of hydrogen-bond donors (Lipinski definition) is 1. The van der Waals surface area contributed by atoms with Gasteiger partial charge in [-0.1, -0.05) is 31.2 Å². The minimum atomic E-state index is 0.0968. The third-order valence-electron chi connectivity index (χ3n) is 3.82. The Morgan fingerprint density at radius 2 is 1.95 bits per heavy atom. The van der Waals surface area contributed by atoms with Crippen molar-refractivity contribution in [2.24, 2.45) is 5.73 Å². The summed E-state index contributed by atoms with van der Waals surface area (Å²) in [6.45, 7) is 8.39. The van der Waals surface area contributed by atoms with E-state index in [4.69, 9.17) is 5.73 Å². The highest BCUT2D eigenvalue weighted by atomic mass is 79.9. The fraction of sp³-hybridized carbons (Fsp3) is 0.412. The van der Waals surface area contributed by atoms with Crippen LogP contribution in [-0.4, -0.2) is 17.5 Å². The molecule has 2 unspecified atom stereocenters. The number of rotatable bonds is 6. The van der Waals surface area contributed by atoms with E-state index in [9.17, 15) is 0 Å². The molecule has 21 heavy (non-hydrogen) atoms. The smallest absolute Gasteiger partial charge is 0.0702 e.